The van der Waals surface area contributed by atoms with Crippen LogP contribution in [-0.4, -0.2) is 22.3 Å². The van der Waals surface area contributed by atoms with Crippen molar-refractivity contribution in [1.82, 2.24) is 0 Å². The lowest BCUT2D eigenvalue weighted by atomic mass is 9.88. The lowest BCUT2D eigenvalue weighted by molar-refractivity contribution is 0.0826. The Balaban J connectivity index is 2.76. The number of ketones is 1. The van der Waals surface area contributed by atoms with E-state index >= 15 is 0 Å². The van der Waals surface area contributed by atoms with E-state index in [1.54, 1.807) is 0 Å². The zero-order chi connectivity index (χ0) is 14.4. The van der Waals surface area contributed by atoms with Crippen molar-refractivity contribution < 1.29 is 19.4 Å². The Kier molecular flexibility index (Phi) is 3.26. The number of phenols is 2. The van der Waals surface area contributed by atoms with E-state index in [0.29, 0.717) is 15.9 Å². The molecular weight excluding hydrogens is 264 g/mol. The molecule has 0 spiro atoms. The van der Waals surface area contributed by atoms with Crippen LogP contribution in [0.25, 0.3) is 10.8 Å². The van der Waals surface area contributed by atoms with Gasteiger partial charge in [-0.3, -0.25) is 4.79 Å². The molecule has 0 aliphatic heterocycles. The van der Waals surface area contributed by atoms with Crippen LogP contribution in [0.4, 0.5) is 0 Å². The van der Waals surface area contributed by atoms with Crippen molar-refractivity contribution in [2.45, 2.75) is 25.9 Å². The quantitative estimate of drug-likeness (QED) is 0.497. The Labute approximate surface area is 115 Å². The predicted molar refractivity (Wildman–Crippen MR) is 75.1 cm³/mol. The van der Waals surface area contributed by atoms with E-state index in [-0.39, 0.29) is 23.0 Å². The van der Waals surface area contributed by atoms with E-state index < -0.39 is 5.41 Å². The van der Waals surface area contributed by atoms with E-state index in [9.17, 15) is 15.0 Å². The maximum atomic E-state index is 12.4. The summed E-state index contributed by atoms with van der Waals surface area (Å²) in [6, 6.07) is 2.78. The van der Waals surface area contributed by atoms with Crippen molar-refractivity contribution in [3.05, 3.63) is 17.9 Å². The number of furan rings is 1. The van der Waals surface area contributed by atoms with Gasteiger partial charge in [-0.15, -0.1) is 0 Å². The van der Waals surface area contributed by atoms with Gasteiger partial charge in [-0.25, -0.2) is 0 Å². The fourth-order valence-corrected chi connectivity index (χ4v) is 2.35. The minimum absolute atomic E-state index is 0.136. The average Bonchev–Trinajstić information content (AvgIpc) is 2.65. The molecule has 0 saturated carbocycles. The second-order valence-electron chi connectivity index (χ2n) is 5.39. The summed E-state index contributed by atoms with van der Waals surface area (Å²) in [6.45, 7) is 5.42. The Bertz CT molecular complexity index is 649. The van der Waals surface area contributed by atoms with Crippen LogP contribution in [0.5, 0.6) is 11.5 Å². The first-order chi connectivity index (χ1) is 8.75. The number of hydrogen-bond acceptors (Lipinski definition) is 5. The molecule has 0 unspecified atom stereocenters. The Hall–Kier alpha value is -1.62. The fourth-order valence-electron chi connectivity index (χ4n) is 1.80. The molecule has 0 saturated heterocycles. The number of thioether (sulfide) groups is 1. The van der Waals surface area contributed by atoms with Crippen LogP contribution in [0.15, 0.2) is 21.6 Å². The summed E-state index contributed by atoms with van der Waals surface area (Å²) in [5.74, 6) is -0.396. The zero-order valence-electron chi connectivity index (χ0n) is 11.3. The standard InChI is InChI=1S/C14H16O4S/c1-14(2,3)12(17)11-7-5-9(15)10(16)6-8(7)13(18-11)19-4/h5-6,15-16H,1-4H3. The lowest BCUT2D eigenvalue weighted by Crippen LogP contribution is -2.19. The van der Waals surface area contributed by atoms with Crippen molar-refractivity contribution in [1.29, 1.82) is 0 Å². The third-order valence-corrected chi connectivity index (χ3v) is 3.52. The van der Waals surface area contributed by atoms with Gasteiger partial charge < -0.3 is 14.6 Å². The molecule has 1 aromatic carbocycles. The molecule has 1 aromatic heterocycles. The van der Waals surface area contributed by atoms with E-state index in [1.165, 1.54) is 23.9 Å². The van der Waals surface area contributed by atoms with Crippen LogP contribution >= 0.6 is 11.8 Å². The van der Waals surface area contributed by atoms with Gasteiger partial charge in [0.2, 0.25) is 5.78 Å². The Morgan fingerprint density at radius 1 is 1.16 bits per heavy atom. The smallest absolute Gasteiger partial charge is 0.203 e. The molecule has 4 nitrogen and oxygen atoms in total. The number of carbonyl (C=O) groups excluding carboxylic acids is 1. The van der Waals surface area contributed by atoms with Crippen LogP contribution < -0.4 is 0 Å². The molecule has 2 N–H and O–H groups in total. The van der Waals surface area contributed by atoms with Gasteiger partial charge in [0.15, 0.2) is 22.4 Å². The molecule has 0 radical (unpaired) electrons. The van der Waals surface area contributed by atoms with Crippen molar-refractivity contribution in [2.24, 2.45) is 5.41 Å². The number of fused-ring (bicyclic) bond motifs is 1. The molecule has 0 amide bonds. The molecule has 19 heavy (non-hydrogen) atoms. The summed E-state index contributed by atoms with van der Waals surface area (Å²) >= 11 is 1.35. The van der Waals surface area contributed by atoms with Crippen molar-refractivity contribution in [3.63, 3.8) is 0 Å². The van der Waals surface area contributed by atoms with Crippen LogP contribution in [-0.2, 0) is 0 Å². The fraction of sp³-hybridized carbons (Fsp3) is 0.357. The van der Waals surface area contributed by atoms with Crippen molar-refractivity contribution >= 4 is 28.3 Å². The summed E-state index contributed by atoms with van der Waals surface area (Å²) < 4.78 is 5.60. The van der Waals surface area contributed by atoms with Gasteiger partial charge in [0.1, 0.15) is 0 Å². The predicted octanol–water partition coefficient (Wildman–Crippen LogP) is 3.79. The number of benzene rings is 1. The summed E-state index contributed by atoms with van der Waals surface area (Å²) in [5.41, 5.74) is -0.575. The number of phenolic OH excluding ortho intramolecular Hbond substituents is 2. The monoisotopic (exact) mass is 280 g/mol. The number of hydrogen-bond donors (Lipinski definition) is 2. The Morgan fingerprint density at radius 3 is 2.16 bits per heavy atom. The second kappa shape index (κ2) is 4.49. The highest BCUT2D eigenvalue weighted by molar-refractivity contribution is 7.98. The first-order valence-corrected chi connectivity index (χ1v) is 7.05. The molecule has 0 aliphatic rings. The Morgan fingerprint density at radius 2 is 1.68 bits per heavy atom. The topological polar surface area (TPSA) is 70.7 Å². The lowest BCUT2D eigenvalue weighted by Gasteiger charge is -2.14. The van der Waals surface area contributed by atoms with Crippen LogP contribution in [0.2, 0.25) is 0 Å². The molecule has 2 rings (SSSR count). The molecule has 1 heterocycles. The minimum Gasteiger partial charge on any atom is -0.504 e. The van der Waals surface area contributed by atoms with E-state index in [1.807, 2.05) is 27.0 Å². The number of Topliss-reactive ketones (excluding diaryl/α,β-unsaturated/α-hetero) is 1. The summed E-state index contributed by atoms with van der Waals surface area (Å²) in [7, 11) is 0. The highest BCUT2D eigenvalue weighted by Gasteiger charge is 2.29. The molecule has 102 valence electrons. The van der Waals surface area contributed by atoms with Crippen molar-refractivity contribution in [2.75, 3.05) is 6.26 Å². The zero-order valence-corrected chi connectivity index (χ0v) is 12.1. The second-order valence-corrected chi connectivity index (χ2v) is 6.17. The summed E-state index contributed by atoms with van der Waals surface area (Å²) in [4.78, 5) is 12.4. The molecule has 0 bridgehead atoms. The number of rotatable bonds is 2. The largest absolute Gasteiger partial charge is 0.504 e. The van der Waals surface area contributed by atoms with E-state index in [2.05, 4.69) is 0 Å². The molecule has 0 fully saturated rings. The van der Waals surface area contributed by atoms with Gasteiger partial charge >= 0.3 is 0 Å². The van der Waals surface area contributed by atoms with E-state index in [4.69, 9.17) is 4.42 Å². The van der Waals surface area contributed by atoms with Gasteiger partial charge in [-0.2, -0.15) is 0 Å². The average molecular weight is 280 g/mol. The van der Waals surface area contributed by atoms with Gasteiger partial charge in [-0.05, 0) is 18.4 Å². The summed E-state index contributed by atoms with van der Waals surface area (Å²) in [5, 5.41) is 20.9. The third-order valence-electron chi connectivity index (χ3n) is 2.85. The van der Waals surface area contributed by atoms with Crippen LogP contribution in [0.1, 0.15) is 31.3 Å². The van der Waals surface area contributed by atoms with Gasteiger partial charge in [0.05, 0.1) is 0 Å². The molecule has 2 aromatic rings. The van der Waals surface area contributed by atoms with Crippen LogP contribution in [0.3, 0.4) is 0 Å². The number of carbonyl (C=O) groups is 1. The van der Waals surface area contributed by atoms with Crippen LogP contribution in [0, 0.1) is 5.41 Å². The minimum atomic E-state index is -0.575. The number of aromatic hydroxyl groups is 2. The van der Waals surface area contributed by atoms with Gasteiger partial charge in [-0.1, -0.05) is 32.5 Å². The molecule has 0 atom stereocenters. The maximum absolute atomic E-state index is 12.4. The first-order valence-electron chi connectivity index (χ1n) is 5.83. The highest BCUT2D eigenvalue weighted by atomic mass is 32.2. The molecular formula is C14H16O4S. The highest BCUT2D eigenvalue weighted by Crippen LogP contribution is 2.40. The third kappa shape index (κ3) is 2.30. The maximum Gasteiger partial charge on any atom is 0.203 e. The van der Waals surface area contributed by atoms with Crippen molar-refractivity contribution in [3.8, 4) is 11.5 Å². The van der Waals surface area contributed by atoms with Gasteiger partial charge in [0.25, 0.3) is 0 Å². The molecule has 0 aliphatic carbocycles. The SMILES string of the molecule is CSc1oc(C(=O)C(C)(C)C)c2cc(O)c(O)cc12. The van der Waals surface area contributed by atoms with Gasteiger partial charge in [0, 0.05) is 16.2 Å². The normalized spacial score (nSPS) is 12.0. The first kappa shape index (κ1) is 13.8. The summed E-state index contributed by atoms with van der Waals surface area (Å²) in [6.07, 6.45) is 1.83. The molecule has 5 heteroatoms. The van der Waals surface area contributed by atoms with E-state index in [0.717, 1.165) is 0 Å².